The Morgan fingerprint density at radius 1 is 1.33 bits per heavy atom. The molecule has 1 aromatic carbocycles. The number of nitrogens with zero attached hydrogens (tertiary/aromatic N) is 1. The molecule has 3 nitrogen and oxygen atoms in total. The molecule has 0 unspecified atom stereocenters. The van der Waals surface area contributed by atoms with Crippen molar-refractivity contribution in [2.24, 2.45) is 4.99 Å². The third kappa shape index (κ3) is 3.62. The van der Waals surface area contributed by atoms with Crippen molar-refractivity contribution in [3.05, 3.63) is 23.8 Å². The highest BCUT2D eigenvalue weighted by Crippen LogP contribution is 2.25. The van der Waals surface area contributed by atoms with E-state index in [9.17, 15) is 5.11 Å². The van der Waals surface area contributed by atoms with Crippen LogP contribution in [0.3, 0.4) is 0 Å². The number of hydrogen-bond acceptors (Lipinski definition) is 3. The summed E-state index contributed by atoms with van der Waals surface area (Å²) in [6, 6.07) is 5.15. The molecule has 3 heteroatoms. The first-order valence-electron chi connectivity index (χ1n) is 4.84. The molecule has 15 heavy (non-hydrogen) atoms. The van der Waals surface area contributed by atoms with Crippen LogP contribution in [-0.4, -0.2) is 24.0 Å². The van der Waals surface area contributed by atoms with E-state index in [0.29, 0.717) is 5.75 Å². The summed E-state index contributed by atoms with van der Waals surface area (Å²) in [6.07, 6.45) is 1.78. The summed E-state index contributed by atoms with van der Waals surface area (Å²) >= 11 is 0. The predicted molar refractivity (Wildman–Crippen MR) is 62.0 cm³/mol. The van der Waals surface area contributed by atoms with Crippen LogP contribution in [0.25, 0.3) is 0 Å². The Bertz CT molecular complexity index is 364. The molecule has 0 aliphatic heterocycles. The van der Waals surface area contributed by atoms with E-state index < -0.39 is 0 Å². The lowest BCUT2D eigenvalue weighted by molar-refractivity contribution is 0.373. The van der Waals surface area contributed by atoms with Crippen molar-refractivity contribution in [3.63, 3.8) is 0 Å². The van der Waals surface area contributed by atoms with Gasteiger partial charge in [0.2, 0.25) is 0 Å². The zero-order valence-electron chi connectivity index (χ0n) is 9.61. The topological polar surface area (TPSA) is 41.8 Å². The fraction of sp³-hybridized carbons (Fsp3) is 0.417. The second-order valence-corrected chi connectivity index (χ2v) is 4.36. The van der Waals surface area contributed by atoms with Crippen LogP contribution in [-0.2, 0) is 0 Å². The quantitative estimate of drug-likeness (QED) is 0.757. The number of benzene rings is 1. The van der Waals surface area contributed by atoms with Gasteiger partial charge in [0.15, 0.2) is 11.5 Å². The standard InChI is InChI=1S/C12H17NO2/c1-12(2,3)13-8-9-5-6-10(14)11(7-9)15-4/h5-8,14H,1-4H3. The fourth-order valence-electron chi connectivity index (χ4n) is 1.04. The van der Waals surface area contributed by atoms with Gasteiger partial charge in [-0.3, -0.25) is 4.99 Å². The minimum absolute atomic E-state index is 0.0921. The van der Waals surface area contributed by atoms with Gasteiger partial charge in [-0.2, -0.15) is 0 Å². The van der Waals surface area contributed by atoms with Gasteiger partial charge in [0.05, 0.1) is 12.6 Å². The number of phenolic OH excluding ortho intramolecular Hbond substituents is 1. The number of hydrogen-bond donors (Lipinski definition) is 1. The van der Waals surface area contributed by atoms with Crippen LogP contribution in [0.4, 0.5) is 0 Å². The van der Waals surface area contributed by atoms with Gasteiger partial charge in [-0.1, -0.05) is 0 Å². The molecule has 0 aliphatic carbocycles. The van der Waals surface area contributed by atoms with E-state index in [0.717, 1.165) is 5.56 Å². The van der Waals surface area contributed by atoms with Gasteiger partial charge in [-0.25, -0.2) is 0 Å². The monoisotopic (exact) mass is 207 g/mol. The Morgan fingerprint density at radius 3 is 2.53 bits per heavy atom. The number of rotatable bonds is 2. The Labute approximate surface area is 90.4 Å². The average Bonchev–Trinajstić information content (AvgIpc) is 2.15. The maximum Gasteiger partial charge on any atom is 0.161 e. The van der Waals surface area contributed by atoms with Crippen molar-refractivity contribution < 1.29 is 9.84 Å². The van der Waals surface area contributed by atoms with Crippen molar-refractivity contribution >= 4 is 6.21 Å². The van der Waals surface area contributed by atoms with Crippen LogP contribution in [0.15, 0.2) is 23.2 Å². The molecule has 0 bridgehead atoms. The van der Waals surface area contributed by atoms with Gasteiger partial charge in [-0.05, 0) is 44.5 Å². The van der Waals surface area contributed by atoms with E-state index in [1.165, 1.54) is 7.11 Å². The molecule has 0 aliphatic rings. The molecule has 1 aromatic rings. The number of phenols is 1. The minimum Gasteiger partial charge on any atom is -0.504 e. The lowest BCUT2D eigenvalue weighted by atomic mass is 10.1. The molecule has 0 saturated heterocycles. The summed E-state index contributed by atoms with van der Waals surface area (Å²) in [5, 5.41) is 9.39. The number of ether oxygens (including phenoxy) is 1. The highest BCUT2D eigenvalue weighted by atomic mass is 16.5. The van der Waals surface area contributed by atoms with Crippen LogP contribution in [0.2, 0.25) is 0 Å². The summed E-state index contributed by atoms with van der Waals surface area (Å²) < 4.78 is 5.01. The predicted octanol–water partition coefficient (Wildman–Crippen LogP) is 2.62. The first-order chi connectivity index (χ1) is 6.92. The molecule has 0 heterocycles. The minimum atomic E-state index is -0.0921. The van der Waals surface area contributed by atoms with E-state index >= 15 is 0 Å². The van der Waals surface area contributed by atoms with Crippen molar-refractivity contribution in [2.45, 2.75) is 26.3 Å². The van der Waals surface area contributed by atoms with E-state index in [2.05, 4.69) is 4.99 Å². The first-order valence-corrected chi connectivity index (χ1v) is 4.84. The van der Waals surface area contributed by atoms with E-state index in [-0.39, 0.29) is 11.3 Å². The van der Waals surface area contributed by atoms with Gasteiger partial charge in [-0.15, -0.1) is 0 Å². The zero-order valence-corrected chi connectivity index (χ0v) is 9.61. The van der Waals surface area contributed by atoms with Crippen molar-refractivity contribution in [1.29, 1.82) is 0 Å². The molecular formula is C12H17NO2. The van der Waals surface area contributed by atoms with E-state index in [1.54, 1.807) is 24.4 Å². The SMILES string of the molecule is COc1cc(C=NC(C)(C)C)ccc1O. The molecule has 1 rings (SSSR count). The first kappa shape index (κ1) is 11.6. The lowest BCUT2D eigenvalue weighted by Gasteiger charge is -2.11. The largest absolute Gasteiger partial charge is 0.504 e. The van der Waals surface area contributed by atoms with Crippen molar-refractivity contribution in [2.75, 3.05) is 7.11 Å². The van der Waals surface area contributed by atoms with Crippen LogP contribution in [0.5, 0.6) is 11.5 Å². The molecule has 0 amide bonds. The second kappa shape index (κ2) is 4.34. The molecule has 0 spiro atoms. The third-order valence-electron chi connectivity index (χ3n) is 1.80. The summed E-state index contributed by atoms with van der Waals surface area (Å²) in [4.78, 5) is 4.37. The molecule has 0 radical (unpaired) electrons. The van der Waals surface area contributed by atoms with Crippen LogP contribution < -0.4 is 4.74 Å². The highest BCUT2D eigenvalue weighted by molar-refractivity contribution is 5.81. The Kier molecular flexibility index (Phi) is 3.35. The number of aromatic hydroxyl groups is 1. The lowest BCUT2D eigenvalue weighted by Crippen LogP contribution is -2.09. The third-order valence-corrected chi connectivity index (χ3v) is 1.80. The Hall–Kier alpha value is -1.51. The van der Waals surface area contributed by atoms with Crippen LogP contribution in [0, 0.1) is 0 Å². The molecular weight excluding hydrogens is 190 g/mol. The molecule has 0 fully saturated rings. The van der Waals surface area contributed by atoms with E-state index in [4.69, 9.17) is 4.74 Å². The summed E-state index contributed by atoms with van der Waals surface area (Å²) in [5.74, 6) is 0.610. The molecule has 0 saturated carbocycles. The Morgan fingerprint density at radius 2 is 2.00 bits per heavy atom. The molecule has 82 valence electrons. The number of methoxy groups -OCH3 is 1. The maximum absolute atomic E-state index is 9.39. The maximum atomic E-state index is 9.39. The number of aliphatic imine (C=N–C) groups is 1. The van der Waals surface area contributed by atoms with Gasteiger partial charge in [0.1, 0.15) is 0 Å². The highest BCUT2D eigenvalue weighted by Gasteiger charge is 2.05. The second-order valence-electron chi connectivity index (χ2n) is 4.36. The van der Waals surface area contributed by atoms with Gasteiger partial charge < -0.3 is 9.84 Å². The molecule has 0 atom stereocenters. The normalized spacial score (nSPS) is 12.0. The van der Waals surface area contributed by atoms with Gasteiger partial charge in [0, 0.05) is 6.21 Å². The van der Waals surface area contributed by atoms with E-state index in [1.807, 2.05) is 20.8 Å². The van der Waals surface area contributed by atoms with Crippen molar-refractivity contribution in [1.82, 2.24) is 0 Å². The van der Waals surface area contributed by atoms with Crippen LogP contribution in [0.1, 0.15) is 26.3 Å². The summed E-state index contributed by atoms with van der Waals surface area (Å²) in [6.45, 7) is 6.09. The molecule has 1 N–H and O–H groups in total. The average molecular weight is 207 g/mol. The summed E-state index contributed by atoms with van der Waals surface area (Å²) in [7, 11) is 1.53. The Balaban J connectivity index is 2.93. The molecule has 0 aromatic heterocycles. The zero-order chi connectivity index (χ0) is 11.5. The van der Waals surface area contributed by atoms with Crippen LogP contribution >= 0.6 is 0 Å². The van der Waals surface area contributed by atoms with Crippen molar-refractivity contribution in [3.8, 4) is 11.5 Å². The summed E-state index contributed by atoms with van der Waals surface area (Å²) in [5.41, 5.74) is 0.824. The smallest absolute Gasteiger partial charge is 0.161 e. The fourth-order valence-corrected chi connectivity index (χ4v) is 1.04. The van der Waals surface area contributed by atoms with Gasteiger partial charge in [0.25, 0.3) is 0 Å². The van der Waals surface area contributed by atoms with Gasteiger partial charge >= 0.3 is 0 Å².